The molecule has 2 aliphatic heterocycles. The number of benzene rings is 1. The summed E-state index contributed by atoms with van der Waals surface area (Å²) < 4.78 is 0. The van der Waals surface area contributed by atoms with Gasteiger partial charge in [-0.25, -0.2) is 14.4 Å². The summed E-state index contributed by atoms with van der Waals surface area (Å²) in [6.07, 6.45) is -0.250. The second-order valence-corrected chi connectivity index (χ2v) is 16.9. The number of hydrogen-bond acceptors (Lipinski definition) is 14. The number of likely N-dealkylation sites (N-methyl/N-ethyl adjacent to an activating group) is 4. The van der Waals surface area contributed by atoms with E-state index in [-0.39, 0.29) is 45.3 Å². The minimum atomic E-state index is -0.125. The second kappa shape index (κ2) is 36.1. The second-order valence-electron chi connectivity index (χ2n) is 16.9. The van der Waals surface area contributed by atoms with E-state index >= 15 is 0 Å². The molecule has 0 bridgehead atoms. The molecule has 2 saturated heterocycles. The molecule has 4 heterocycles. The number of rotatable bonds is 24. The summed E-state index contributed by atoms with van der Waals surface area (Å²) in [6, 6.07) is 10.3. The Morgan fingerprint density at radius 1 is 0.373 bits per heavy atom. The number of carbonyl (C=O) groups is 3. The van der Waals surface area contributed by atoms with Crippen molar-refractivity contribution in [3.63, 3.8) is 0 Å². The predicted octanol–water partition coefficient (Wildman–Crippen LogP) is 9.90. The summed E-state index contributed by atoms with van der Waals surface area (Å²) in [4.78, 5) is 85.9. The number of anilines is 5. The molecule has 0 N–H and O–H groups in total. The molecule has 428 valence electrons. The monoisotopic (exact) mass is 1050 g/mol. The highest BCUT2D eigenvalue weighted by Gasteiger charge is 2.57. The first-order chi connectivity index (χ1) is 35.2. The highest BCUT2D eigenvalue weighted by atomic mass is 16.2. The summed E-state index contributed by atoms with van der Waals surface area (Å²) in [5.74, 6) is 4.57. The summed E-state index contributed by atoms with van der Waals surface area (Å²) in [5.41, 5.74) is 1.02. The van der Waals surface area contributed by atoms with E-state index in [0.717, 1.165) is 133 Å². The van der Waals surface area contributed by atoms with Gasteiger partial charge in [0.2, 0.25) is 29.7 Å². The van der Waals surface area contributed by atoms with Gasteiger partial charge in [0.1, 0.15) is 12.3 Å². The number of hydrogen-bond donors (Lipinski definition) is 0. The Bertz CT molecular complexity index is 1840. The van der Waals surface area contributed by atoms with Crippen LogP contribution in [0.4, 0.5) is 44.1 Å². The van der Waals surface area contributed by atoms with Gasteiger partial charge in [-0.1, -0.05) is 45.2 Å². The molecule has 1 aromatic carbocycles. The molecule has 20 heteroatoms. The molecule has 0 saturated carbocycles. The number of urea groups is 3. The van der Waals surface area contributed by atoms with Crippen LogP contribution in [0.25, 0.3) is 11.4 Å². The third-order valence-electron chi connectivity index (χ3n) is 13.4. The number of aromatic nitrogens is 6. The van der Waals surface area contributed by atoms with Crippen LogP contribution >= 0.6 is 0 Å². The molecule has 5 rings (SSSR count). The van der Waals surface area contributed by atoms with Gasteiger partial charge in [-0.15, -0.1) is 0 Å². The molecular weight excluding hydrogens is 947 g/mol. The maximum atomic E-state index is 12.3. The molecule has 3 aromatic rings. The number of amides is 6. The van der Waals surface area contributed by atoms with Crippen LogP contribution < -0.4 is 24.5 Å². The standard InChI is InChI=1S/C17H25N5.C15H30N6.C12H22N4O2.C9H20N2O.2CH4/c1-5-21(6-2)16-18-15(14-12-10-9-11-13-14)19-17(20-16)22(7-3)8-4;1-7-19(8-2)13-16-14(20(9-3)10-4)18-15(17-13)21(11-5)12-6;1-5-13-9-10(15(7-3)11(13)17)16(8-4)12(18)14(9)6-2;1-5-10(6-2)9(12)11(7-3)8-4;;/h9-13H,5-8H2,1-4H3;7-12H2,1-6H3;9-10H,5-8H2,1-4H3;5-8H2,1-4H3;2*1H4. The van der Waals surface area contributed by atoms with Crippen molar-refractivity contribution in [1.82, 2.24) is 59.3 Å². The van der Waals surface area contributed by atoms with Crippen molar-refractivity contribution in [2.24, 2.45) is 0 Å². The molecule has 2 aromatic heterocycles. The average molecular weight is 1050 g/mol. The minimum Gasteiger partial charge on any atom is -0.341 e. The largest absolute Gasteiger partial charge is 0.341 e. The molecule has 75 heavy (non-hydrogen) atoms. The van der Waals surface area contributed by atoms with Crippen molar-refractivity contribution < 1.29 is 14.4 Å². The lowest BCUT2D eigenvalue weighted by atomic mass is 10.2. The fraction of sp³-hybridized carbons (Fsp3) is 0.727. The van der Waals surface area contributed by atoms with E-state index in [1.807, 2.05) is 95.5 Å². The minimum absolute atomic E-state index is 0. The van der Waals surface area contributed by atoms with Crippen molar-refractivity contribution >= 4 is 47.8 Å². The number of fused-ring (bicyclic) bond motifs is 1. The van der Waals surface area contributed by atoms with E-state index in [1.54, 1.807) is 19.6 Å². The Labute approximate surface area is 455 Å². The van der Waals surface area contributed by atoms with Gasteiger partial charge >= 0.3 is 18.1 Å². The topological polar surface area (TPSA) is 164 Å². The van der Waals surface area contributed by atoms with Crippen molar-refractivity contribution in [2.75, 3.05) is 142 Å². The number of carbonyl (C=O) groups excluding carboxylic acids is 3. The van der Waals surface area contributed by atoms with Crippen molar-refractivity contribution in [1.29, 1.82) is 0 Å². The molecular formula is C55H105N17O3. The first kappa shape index (κ1) is 69.0. The lowest BCUT2D eigenvalue weighted by molar-refractivity contribution is 0.134. The molecule has 2 fully saturated rings. The summed E-state index contributed by atoms with van der Waals surface area (Å²) in [6.45, 7) is 51.7. The zero-order valence-corrected chi connectivity index (χ0v) is 48.6. The van der Waals surface area contributed by atoms with E-state index in [0.29, 0.717) is 26.2 Å². The molecule has 2 aliphatic rings. The predicted molar refractivity (Wildman–Crippen MR) is 315 cm³/mol. The van der Waals surface area contributed by atoms with Crippen LogP contribution in [0, 0.1) is 0 Å². The van der Waals surface area contributed by atoms with Crippen LogP contribution in [0.2, 0.25) is 0 Å². The van der Waals surface area contributed by atoms with E-state index in [1.165, 1.54) is 0 Å². The Hall–Kier alpha value is -5.95. The zero-order valence-electron chi connectivity index (χ0n) is 48.6. The lowest BCUT2D eigenvalue weighted by Crippen LogP contribution is -2.46. The molecule has 0 atom stereocenters. The quantitative estimate of drug-likeness (QED) is 0.0833. The van der Waals surface area contributed by atoms with E-state index in [9.17, 15) is 14.4 Å². The SMILES string of the molecule is C.C.CCN(CC)C(=O)N(CC)CC.CCN(CC)c1nc(-c2ccccc2)nc(N(CC)CC)n1.CCN(CC)c1nc(N(CC)CC)nc(N(CC)CC)n1.CCN1C(=O)N(CC)C2C1N(CC)C(=O)N2CC. The maximum Gasteiger partial charge on any atom is 0.323 e. The molecule has 0 unspecified atom stereocenters. The van der Waals surface area contributed by atoms with Gasteiger partial charge in [-0.05, 0) is 125 Å². The fourth-order valence-corrected chi connectivity index (χ4v) is 8.89. The third-order valence-corrected chi connectivity index (χ3v) is 13.4. The van der Waals surface area contributed by atoms with Crippen LogP contribution in [0.3, 0.4) is 0 Å². The highest BCUT2D eigenvalue weighted by Crippen LogP contribution is 2.34. The van der Waals surface area contributed by atoms with Crippen LogP contribution in [0.5, 0.6) is 0 Å². The molecule has 0 radical (unpaired) electrons. The Morgan fingerprint density at radius 2 is 0.600 bits per heavy atom. The fourth-order valence-electron chi connectivity index (χ4n) is 8.89. The Balaban J connectivity index is 0.000000985. The summed E-state index contributed by atoms with van der Waals surface area (Å²) in [5, 5.41) is 0. The average Bonchev–Trinajstić information content (AvgIpc) is 3.85. The van der Waals surface area contributed by atoms with Gasteiger partial charge in [0.05, 0.1) is 0 Å². The highest BCUT2D eigenvalue weighted by molar-refractivity contribution is 5.85. The molecule has 6 amide bonds. The first-order valence-electron chi connectivity index (χ1n) is 27.7. The Kier molecular flexibility index (Phi) is 33.2. The molecule has 0 spiro atoms. The first-order valence-corrected chi connectivity index (χ1v) is 27.7. The van der Waals surface area contributed by atoms with E-state index < -0.39 is 0 Å². The van der Waals surface area contributed by atoms with Gasteiger partial charge in [-0.2, -0.15) is 29.9 Å². The molecule has 0 aliphatic carbocycles. The van der Waals surface area contributed by atoms with Crippen molar-refractivity contribution in [2.45, 2.75) is 152 Å². The van der Waals surface area contributed by atoms with Crippen LogP contribution in [0.1, 0.15) is 139 Å². The lowest BCUT2D eigenvalue weighted by Gasteiger charge is -2.27. The molecule has 20 nitrogen and oxygen atoms in total. The van der Waals surface area contributed by atoms with E-state index in [4.69, 9.17) is 0 Å². The van der Waals surface area contributed by atoms with Crippen molar-refractivity contribution in [3.05, 3.63) is 30.3 Å². The third kappa shape index (κ3) is 17.6. The van der Waals surface area contributed by atoms with Gasteiger partial charge in [0, 0.05) is 123 Å². The number of nitrogens with zero attached hydrogens (tertiary/aromatic N) is 17. The van der Waals surface area contributed by atoms with Crippen molar-refractivity contribution in [3.8, 4) is 11.4 Å². The van der Waals surface area contributed by atoms with Gasteiger partial charge < -0.3 is 53.9 Å². The maximum absolute atomic E-state index is 12.3. The smallest absolute Gasteiger partial charge is 0.323 e. The van der Waals surface area contributed by atoms with Crippen LogP contribution in [-0.2, 0) is 0 Å². The zero-order chi connectivity index (χ0) is 54.8. The van der Waals surface area contributed by atoms with E-state index in [2.05, 4.69) is 124 Å². The summed E-state index contributed by atoms with van der Waals surface area (Å²) >= 11 is 0. The van der Waals surface area contributed by atoms with Gasteiger partial charge in [-0.3, -0.25) is 0 Å². The summed E-state index contributed by atoms with van der Waals surface area (Å²) in [7, 11) is 0. The van der Waals surface area contributed by atoms with Crippen LogP contribution in [-0.4, -0.2) is 208 Å². The Morgan fingerprint density at radius 3 is 0.800 bits per heavy atom. The van der Waals surface area contributed by atoms with Gasteiger partial charge in [0.25, 0.3) is 0 Å². The van der Waals surface area contributed by atoms with Gasteiger partial charge in [0.15, 0.2) is 5.82 Å². The normalized spacial score (nSPS) is 14.2. The van der Waals surface area contributed by atoms with Crippen LogP contribution in [0.15, 0.2) is 30.3 Å².